The van der Waals surface area contributed by atoms with E-state index in [9.17, 15) is 13.2 Å². The van der Waals surface area contributed by atoms with Gasteiger partial charge in [-0.25, -0.2) is 13.4 Å². The quantitative estimate of drug-likeness (QED) is 0.268. The molecule has 3 aromatic carbocycles. The van der Waals surface area contributed by atoms with Gasteiger partial charge in [0.05, 0.1) is 28.3 Å². The van der Waals surface area contributed by atoms with Crippen LogP contribution in [0.4, 0.5) is 5.13 Å². The molecule has 1 saturated heterocycles. The Hall–Kier alpha value is -2.86. The molecule has 0 radical (unpaired) electrons. The van der Waals surface area contributed by atoms with E-state index in [2.05, 4.69) is 4.90 Å². The Kier molecular flexibility index (Phi) is 8.84. The minimum Gasteiger partial charge on any atom is -0.379 e. The fourth-order valence-corrected chi connectivity index (χ4v) is 7.24. The van der Waals surface area contributed by atoms with Gasteiger partial charge in [0.15, 0.2) is 5.13 Å². The van der Waals surface area contributed by atoms with E-state index in [1.807, 2.05) is 49.4 Å². The number of ether oxygens (including phenoxy) is 1. The maximum absolute atomic E-state index is 13.8. The third kappa shape index (κ3) is 6.38. The molecule has 40 heavy (non-hydrogen) atoms. The summed E-state index contributed by atoms with van der Waals surface area (Å²) in [6.07, 6.45) is 0. The number of halogens is 1. The zero-order chi connectivity index (χ0) is 28.3. The number of benzene rings is 3. The van der Waals surface area contributed by atoms with Crippen LogP contribution in [-0.2, 0) is 21.3 Å². The number of fused-ring (bicyclic) bond motifs is 1. The molecular weight excluding hydrogens is 568 g/mol. The van der Waals surface area contributed by atoms with Gasteiger partial charge in [0.1, 0.15) is 0 Å². The molecule has 1 fully saturated rings. The van der Waals surface area contributed by atoms with E-state index < -0.39 is 10.0 Å². The van der Waals surface area contributed by atoms with E-state index in [0.717, 1.165) is 34.4 Å². The zero-order valence-corrected chi connectivity index (χ0v) is 24.8. The number of morpholine rings is 1. The second-order valence-electron chi connectivity index (χ2n) is 9.75. The number of hydrogen-bond donors (Lipinski definition) is 0. The largest absolute Gasteiger partial charge is 0.379 e. The van der Waals surface area contributed by atoms with Crippen LogP contribution in [0.25, 0.3) is 10.2 Å². The first-order chi connectivity index (χ1) is 19.2. The number of anilines is 1. The van der Waals surface area contributed by atoms with Crippen molar-refractivity contribution in [1.82, 2.24) is 14.2 Å². The Morgan fingerprint density at radius 2 is 1.77 bits per heavy atom. The van der Waals surface area contributed by atoms with E-state index >= 15 is 0 Å². The summed E-state index contributed by atoms with van der Waals surface area (Å²) in [4.78, 5) is 22.7. The van der Waals surface area contributed by atoms with Crippen LogP contribution in [0.1, 0.15) is 21.5 Å². The summed E-state index contributed by atoms with van der Waals surface area (Å²) in [5, 5.41) is 1.21. The van der Waals surface area contributed by atoms with E-state index in [1.165, 1.54) is 27.8 Å². The van der Waals surface area contributed by atoms with E-state index in [-0.39, 0.29) is 17.3 Å². The Bertz CT molecular complexity index is 1590. The van der Waals surface area contributed by atoms with Gasteiger partial charge in [0.2, 0.25) is 10.0 Å². The summed E-state index contributed by atoms with van der Waals surface area (Å²) >= 11 is 7.70. The molecule has 0 aliphatic carbocycles. The van der Waals surface area contributed by atoms with Gasteiger partial charge in [0, 0.05) is 50.4 Å². The predicted molar refractivity (Wildman–Crippen MR) is 160 cm³/mol. The lowest BCUT2D eigenvalue weighted by Gasteiger charge is -2.29. The average molecular weight is 599 g/mol. The summed E-state index contributed by atoms with van der Waals surface area (Å²) in [6, 6.07) is 19.3. The van der Waals surface area contributed by atoms with Gasteiger partial charge < -0.3 is 4.74 Å². The molecule has 1 amide bonds. The Balaban J connectivity index is 1.40. The minimum atomic E-state index is -3.74. The fourth-order valence-electron chi connectivity index (χ4n) is 4.64. The average Bonchev–Trinajstić information content (AvgIpc) is 3.38. The number of nitrogens with zero attached hydrogens (tertiary/aromatic N) is 4. The SMILES string of the molecule is Cc1cc(Cl)cc2sc(N(CCN3CCOCC3)C(=O)c3ccc(S(=O)(=O)N(C)Cc4ccccc4)cc3)nc12. The number of carbonyl (C=O) groups excluding carboxylic acids is 1. The van der Waals surface area contributed by atoms with Crippen LogP contribution in [0.5, 0.6) is 0 Å². The number of aromatic nitrogens is 1. The smallest absolute Gasteiger partial charge is 0.260 e. The molecule has 0 atom stereocenters. The van der Waals surface area contributed by atoms with Crippen molar-refractivity contribution in [2.75, 3.05) is 51.3 Å². The molecule has 0 bridgehead atoms. The van der Waals surface area contributed by atoms with Crippen molar-refractivity contribution in [1.29, 1.82) is 0 Å². The van der Waals surface area contributed by atoms with Gasteiger partial charge >= 0.3 is 0 Å². The molecule has 0 N–H and O–H groups in total. The maximum Gasteiger partial charge on any atom is 0.260 e. The number of aryl methyl sites for hydroxylation is 1. The summed E-state index contributed by atoms with van der Waals surface area (Å²) in [5.41, 5.74) is 3.04. The second-order valence-corrected chi connectivity index (χ2v) is 13.2. The second kappa shape index (κ2) is 12.3. The van der Waals surface area contributed by atoms with E-state index in [4.69, 9.17) is 21.3 Å². The number of amides is 1. The topological polar surface area (TPSA) is 83.0 Å². The fraction of sp³-hybridized carbons (Fsp3) is 0.310. The lowest BCUT2D eigenvalue weighted by molar-refractivity contribution is 0.0391. The van der Waals surface area contributed by atoms with E-state index in [0.29, 0.717) is 42.0 Å². The van der Waals surface area contributed by atoms with Crippen LogP contribution < -0.4 is 4.90 Å². The standard InChI is InChI=1S/C29H31ClN4O4S2/c1-21-18-24(30)19-26-27(21)31-29(39-26)34(13-12-33-14-16-38-17-15-33)28(35)23-8-10-25(11-9-23)40(36,37)32(2)20-22-6-4-3-5-7-22/h3-11,18-19H,12-17,20H2,1-2H3. The van der Waals surface area contributed by atoms with Crippen molar-refractivity contribution in [2.24, 2.45) is 0 Å². The molecule has 0 spiro atoms. The monoisotopic (exact) mass is 598 g/mol. The highest BCUT2D eigenvalue weighted by Gasteiger charge is 2.25. The first kappa shape index (κ1) is 28.7. The van der Waals surface area contributed by atoms with Gasteiger partial charge in [-0.15, -0.1) is 0 Å². The molecule has 5 rings (SSSR count). The number of carbonyl (C=O) groups is 1. The highest BCUT2D eigenvalue weighted by molar-refractivity contribution is 7.89. The maximum atomic E-state index is 13.8. The number of sulfonamides is 1. The number of hydrogen-bond acceptors (Lipinski definition) is 7. The van der Waals surface area contributed by atoms with Crippen LogP contribution in [0.3, 0.4) is 0 Å². The summed E-state index contributed by atoms with van der Waals surface area (Å²) in [5.74, 6) is -0.238. The van der Waals surface area contributed by atoms with Crippen molar-refractivity contribution in [3.8, 4) is 0 Å². The molecule has 11 heteroatoms. The van der Waals surface area contributed by atoms with Gasteiger partial charge in [0.25, 0.3) is 5.91 Å². The molecular formula is C29H31ClN4O4S2. The van der Waals surface area contributed by atoms with Crippen LogP contribution in [-0.4, -0.2) is 75.0 Å². The summed E-state index contributed by atoms with van der Waals surface area (Å²) in [7, 11) is -2.18. The Labute approximate surface area is 243 Å². The van der Waals surface area contributed by atoms with Crippen LogP contribution >= 0.6 is 22.9 Å². The van der Waals surface area contributed by atoms with Crippen molar-refractivity contribution in [3.05, 3.63) is 88.4 Å². The molecule has 210 valence electrons. The van der Waals surface area contributed by atoms with Crippen LogP contribution in [0.2, 0.25) is 5.02 Å². The Morgan fingerprint density at radius 1 is 1.07 bits per heavy atom. The molecule has 0 unspecified atom stereocenters. The first-order valence-corrected chi connectivity index (χ1v) is 15.6. The van der Waals surface area contributed by atoms with E-state index in [1.54, 1.807) is 24.1 Å². The Morgan fingerprint density at radius 3 is 2.48 bits per heavy atom. The molecule has 1 aliphatic rings. The normalized spacial score (nSPS) is 14.6. The third-order valence-electron chi connectivity index (χ3n) is 6.92. The lowest BCUT2D eigenvalue weighted by atomic mass is 10.2. The molecule has 8 nitrogen and oxygen atoms in total. The zero-order valence-electron chi connectivity index (χ0n) is 22.4. The van der Waals surface area contributed by atoms with Gasteiger partial charge in [-0.1, -0.05) is 53.3 Å². The van der Waals surface area contributed by atoms with Crippen molar-refractivity contribution < 1.29 is 17.9 Å². The van der Waals surface area contributed by atoms with Crippen LogP contribution in [0, 0.1) is 6.92 Å². The van der Waals surface area contributed by atoms with Crippen molar-refractivity contribution >= 4 is 54.2 Å². The van der Waals surface area contributed by atoms with Gasteiger partial charge in [-0.3, -0.25) is 14.6 Å². The molecule has 0 saturated carbocycles. The highest BCUT2D eigenvalue weighted by Crippen LogP contribution is 2.34. The summed E-state index contributed by atoms with van der Waals surface area (Å²) in [6.45, 7) is 6.25. The first-order valence-electron chi connectivity index (χ1n) is 13.0. The van der Waals surface area contributed by atoms with Crippen molar-refractivity contribution in [2.45, 2.75) is 18.4 Å². The van der Waals surface area contributed by atoms with Crippen LogP contribution in [0.15, 0.2) is 71.6 Å². The number of rotatable bonds is 9. The molecule has 4 aromatic rings. The third-order valence-corrected chi connectivity index (χ3v) is 9.98. The number of thiazole rings is 1. The minimum absolute atomic E-state index is 0.132. The molecule has 1 aliphatic heterocycles. The van der Waals surface area contributed by atoms with Crippen molar-refractivity contribution in [3.63, 3.8) is 0 Å². The highest BCUT2D eigenvalue weighted by atomic mass is 35.5. The van der Waals surface area contributed by atoms with Gasteiger partial charge in [-0.05, 0) is 54.4 Å². The molecule has 2 heterocycles. The molecule has 1 aromatic heterocycles. The van der Waals surface area contributed by atoms with Gasteiger partial charge in [-0.2, -0.15) is 4.31 Å². The summed E-state index contributed by atoms with van der Waals surface area (Å²) < 4.78 is 34.1. The lowest BCUT2D eigenvalue weighted by Crippen LogP contribution is -2.43. The predicted octanol–water partition coefficient (Wildman–Crippen LogP) is 5.06.